The largest absolute Gasteiger partial charge is 0.481 e. The van der Waals surface area contributed by atoms with E-state index in [0.717, 1.165) is 0 Å². The molecule has 2 aromatic heterocycles. The lowest BCUT2D eigenvalue weighted by atomic mass is 9.96. The van der Waals surface area contributed by atoms with Crippen molar-refractivity contribution < 1.29 is 67.1 Å². The second kappa shape index (κ2) is 12.7. The van der Waals surface area contributed by atoms with Gasteiger partial charge in [0.25, 0.3) is 0 Å². The number of nitrogens with one attached hydrogen (secondary N) is 1. The molecule has 0 radical (unpaired) electrons. The third-order valence-corrected chi connectivity index (χ3v) is 9.86. The zero-order chi connectivity index (χ0) is 30.3. The number of ether oxygens (including phenoxy) is 2. The van der Waals surface area contributed by atoms with Gasteiger partial charge in [0.15, 0.2) is 30.2 Å². The quantitative estimate of drug-likeness (QED) is 0.108. The van der Waals surface area contributed by atoms with Crippen molar-refractivity contribution in [3.8, 4) is 0 Å². The summed E-state index contributed by atoms with van der Waals surface area (Å²) in [5.41, 5.74) is 6.40. The number of nitrogens with two attached hydrogens (primary N) is 1. The maximum absolute atomic E-state index is 13.9. The molecule has 4 heterocycles. The predicted octanol–water partition coefficient (Wildman–Crippen LogP) is -3.24. The number of hydrogen-bond donors (Lipinski definition) is 9. The van der Waals surface area contributed by atoms with Crippen LogP contribution in [-0.4, -0.2) is 130 Å². The number of alkyl halides is 1. The lowest BCUT2D eigenvalue weighted by Gasteiger charge is -2.41. The molecule has 19 nitrogen and oxygen atoms in total. The first-order chi connectivity index (χ1) is 19.2. The van der Waals surface area contributed by atoms with Gasteiger partial charge < -0.3 is 60.4 Å². The fourth-order valence-electron chi connectivity index (χ4n) is 4.33. The molecule has 23 heteroatoms. The minimum Gasteiger partial charge on any atom is -0.393 e. The first kappa shape index (κ1) is 32.6. The third-order valence-electron chi connectivity index (χ3n) is 6.35. The lowest BCUT2D eigenvalue weighted by Crippen LogP contribution is -2.60. The van der Waals surface area contributed by atoms with E-state index in [4.69, 9.17) is 36.6 Å². The molecule has 12 atom stereocenters. The lowest BCUT2D eigenvalue weighted by molar-refractivity contribution is -0.287. The van der Waals surface area contributed by atoms with Gasteiger partial charge in [0.05, 0.1) is 25.6 Å². The first-order valence-corrected chi connectivity index (χ1v) is 15.9. The van der Waals surface area contributed by atoms with Crippen LogP contribution in [0.2, 0.25) is 0 Å². The summed E-state index contributed by atoms with van der Waals surface area (Å²) in [4.78, 5) is 32.6. The monoisotopic (exact) mass is 650 g/mol. The van der Waals surface area contributed by atoms with Crippen molar-refractivity contribution in [1.29, 1.82) is 0 Å². The number of aromatic nitrogens is 4. The van der Waals surface area contributed by atoms with Crippen molar-refractivity contribution in [2.45, 2.75) is 61.4 Å². The second-order valence-electron chi connectivity index (χ2n) is 9.01. The average molecular weight is 650 g/mol. The van der Waals surface area contributed by atoms with Gasteiger partial charge in [-0.1, -0.05) is 0 Å². The Bertz CT molecular complexity index is 1310. The van der Waals surface area contributed by atoms with E-state index >= 15 is 0 Å². The molecule has 0 amide bonds. The summed E-state index contributed by atoms with van der Waals surface area (Å²) in [7, 11) is -3.91. The number of phosphoric acid groups is 1. The Hall–Kier alpha value is -1.36. The number of halogens is 1. The fourth-order valence-corrected chi connectivity index (χ4v) is 7.42. The molecule has 4 rings (SSSR count). The molecule has 7 unspecified atom stereocenters. The number of nitrogen functional groups attached to an aromatic ring is 1. The van der Waals surface area contributed by atoms with E-state index in [-0.39, 0.29) is 11.3 Å². The molecule has 0 saturated carbocycles. The Balaban J connectivity index is 1.40. The van der Waals surface area contributed by atoms with Crippen LogP contribution in [0.3, 0.4) is 0 Å². The fraction of sp³-hybridized carbons (Fsp3) is 0.722. The van der Waals surface area contributed by atoms with Crippen LogP contribution in [0.4, 0.5) is 10.2 Å². The molecule has 0 aromatic carbocycles. The summed E-state index contributed by atoms with van der Waals surface area (Å²) in [5, 5.41) is 52.5. The average Bonchev–Trinajstić information content (AvgIpc) is 3.47. The molecular formula is C18H29FN6O13P2S. The van der Waals surface area contributed by atoms with Crippen molar-refractivity contribution in [3.63, 3.8) is 0 Å². The first-order valence-electron chi connectivity index (χ1n) is 11.8. The normalized spacial score (nSPS) is 36.2. The minimum absolute atomic E-state index is 0.118. The number of phosphoric ester groups is 1. The summed E-state index contributed by atoms with van der Waals surface area (Å²) in [6.07, 6.45) is -13.6. The molecule has 232 valence electrons. The van der Waals surface area contributed by atoms with Crippen molar-refractivity contribution in [2.24, 2.45) is 0 Å². The summed E-state index contributed by atoms with van der Waals surface area (Å²) in [5.74, 6) is 0.118. The Kier molecular flexibility index (Phi) is 10.1. The number of likely N-dealkylation sites (N-methyl/N-ethyl adjacent to an activating group) is 1. The maximum atomic E-state index is 13.9. The van der Waals surface area contributed by atoms with Crippen LogP contribution < -0.4 is 11.1 Å². The zero-order valence-corrected chi connectivity index (χ0v) is 23.6. The molecular weight excluding hydrogens is 621 g/mol. The highest BCUT2D eigenvalue weighted by Crippen LogP contribution is 2.61. The number of imidazole rings is 1. The summed E-state index contributed by atoms with van der Waals surface area (Å²) >= 11 is 4.76. The molecule has 0 spiro atoms. The molecule has 2 aromatic rings. The highest BCUT2D eigenvalue weighted by Gasteiger charge is 2.51. The van der Waals surface area contributed by atoms with Crippen molar-refractivity contribution in [1.82, 2.24) is 24.8 Å². The number of rotatable bonds is 11. The standard InChI is InChI=1S/C18H29FN6O13P2S/c1-21-8-10(27)7(35-17(8)25-5-24-9-15(20)22-4-23-16(9)25)3-34-40(33,41)38-39(31,32)37-18-13(30)11(28)12(29)14(36-18)6(19)2-26/h4-8,10-14,17-18,21,26-30H,2-3H2,1H3,(H,31,32)(H,33,41)(H2,20,22,23)/t6-,7+,8+,10+,11?,12?,13?,14?,17+,18?,40?/m0/s1. The van der Waals surface area contributed by atoms with Gasteiger partial charge in [-0.05, 0) is 18.9 Å². The number of aliphatic hydroxyl groups excluding tert-OH is 5. The van der Waals surface area contributed by atoms with E-state index in [1.165, 1.54) is 17.2 Å². The minimum atomic E-state index is -5.46. The van der Waals surface area contributed by atoms with E-state index in [9.17, 15) is 39.2 Å². The Labute approximate surface area is 235 Å². The van der Waals surface area contributed by atoms with Gasteiger partial charge in [0.2, 0.25) is 0 Å². The number of nitrogens with zero attached hydrogens (tertiary/aromatic N) is 4. The van der Waals surface area contributed by atoms with E-state index in [0.29, 0.717) is 5.65 Å². The molecule has 0 aliphatic carbocycles. The molecule has 2 saturated heterocycles. The summed E-state index contributed by atoms with van der Waals surface area (Å²) < 4.78 is 52.9. The van der Waals surface area contributed by atoms with E-state index in [2.05, 4.69) is 29.1 Å². The van der Waals surface area contributed by atoms with Gasteiger partial charge in [0, 0.05) is 0 Å². The molecule has 41 heavy (non-hydrogen) atoms. The Morgan fingerprint density at radius 3 is 2.54 bits per heavy atom. The number of fused-ring (bicyclic) bond motifs is 1. The van der Waals surface area contributed by atoms with Crippen LogP contribution in [0.1, 0.15) is 6.23 Å². The van der Waals surface area contributed by atoms with Crippen LogP contribution in [-0.2, 0) is 39.2 Å². The van der Waals surface area contributed by atoms with E-state index < -0.39 is 89.1 Å². The van der Waals surface area contributed by atoms with E-state index in [1.807, 2.05) is 0 Å². The Morgan fingerprint density at radius 2 is 1.88 bits per heavy atom. The van der Waals surface area contributed by atoms with Gasteiger partial charge in [-0.15, -0.1) is 0 Å². The van der Waals surface area contributed by atoms with Crippen molar-refractivity contribution in [3.05, 3.63) is 12.7 Å². The zero-order valence-electron chi connectivity index (χ0n) is 21.0. The van der Waals surface area contributed by atoms with Crippen LogP contribution >= 0.6 is 14.5 Å². The maximum Gasteiger partial charge on any atom is 0.481 e. The number of hydrogen-bond acceptors (Lipinski definition) is 17. The Morgan fingerprint density at radius 1 is 1.17 bits per heavy atom. The highest BCUT2D eigenvalue weighted by atomic mass is 32.5. The number of aliphatic hydroxyl groups is 5. The van der Waals surface area contributed by atoms with Crippen LogP contribution in [0, 0.1) is 0 Å². The van der Waals surface area contributed by atoms with Gasteiger partial charge in [0.1, 0.15) is 48.5 Å². The topological polar surface area (TPSA) is 286 Å². The molecule has 0 bridgehead atoms. The SMILES string of the molecule is CN[C@@H]1[C@H](O)[C@@H](COP(O)(=S)OP(=O)(O)OC2OC([C@@H](F)CO)C(O)C(O)C2O)O[C@H]1n1cnc2c(N)ncnc21. The van der Waals surface area contributed by atoms with Gasteiger partial charge in [-0.2, -0.15) is 0 Å². The number of anilines is 1. The predicted molar refractivity (Wildman–Crippen MR) is 136 cm³/mol. The van der Waals surface area contributed by atoms with Crippen molar-refractivity contribution >= 4 is 43.3 Å². The molecule has 2 aliphatic heterocycles. The molecule has 2 aliphatic rings. The van der Waals surface area contributed by atoms with Crippen LogP contribution in [0.15, 0.2) is 12.7 Å². The van der Waals surface area contributed by atoms with Crippen LogP contribution in [0.5, 0.6) is 0 Å². The highest BCUT2D eigenvalue weighted by molar-refractivity contribution is 8.08. The smallest absolute Gasteiger partial charge is 0.393 e. The molecule has 10 N–H and O–H groups in total. The molecule has 2 fully saturated rings. The van der Waals surface area contributed by atoms with Gasteiger partial charge in [-0.3, -0.25) is 9.09 Å². The second-order valence-corrected chi connectivity index (χ2v) is 13.4. The summed E-state index contributed by atoms with van der Waals surface area (Å²) in [6, 6.07) is -0.764. The van der Waals surface area contributed by atoms with E-state index in [1.54, 1.807) is 7.05 Å². The van der Waals surface area contributed by atoms with Crippen molar-refractivity contribution in [2.75, 3.05) is 26.0 Å². The van der Waals surface area contributed by atoms with Gasteiger partial charge in [-0.25, -0.2) is 28.2 Å². The van der Waals surface area contributed by atoms with Crippen LogP contribution in [0.25, 0.3) is 11.2 Å². The summed E-state index contributed by atoms with van der Waals surface area (Å²) in [6.45, 7) is -6.44. The van der Waals surface area contributed by atoms with Gasteiger partial charge >= 0.3 is 14.5 Å². The third kappa shape index (κ3) is 6.91.